The molecule has 0 saturated carbocycles. The first-order valence-corrected chi connectivity index (χ1v) is 6.85. The van der Waals surface area contributed by atoms with Gasteiger partial charge in [0.15, 0.2) is 0 Å². The third-order valence-electron chi connectivity index (χ3n) is 2.34. The van der Waals surface area contributed by atoms with Crippen molar-refractivity contribution in [2.24, 2.45) is 0 Å². The second-order valence-electron chi connectivity index (χ2n) is 5.13. The second kappa shape index (κ2) is 6.51. The lowest BCUT2D eigenvalue weighted by Crippen LogP contribution is -2.36. The molecule has 106 valence electrons. The standard InChI is InChI=1S/C12H19N3O3S/c1-12(2,3)8-7-19-9(15-8)6-14-11(18)13-5-4-10(16)17/h7H,4-6H2,1-3H3,(H,16,17)(H2,13,14,18). The molecule has 0 aromatic carbocycles. The normalized spacial score (nSPS) is 11.1. The Balaban J connectivity index is 2.34. The molecule has 6 nitrogen and oxygen atoms in total. The zero-order valence-corrected chi connectivity index (χ0v) is 12.1. The van der Waals surface area contributed by atoms with Crippen LogP contribution in [0.3, 0.4) is 0 Å². The number of nitrogens with one attached hydrogen (secondary N) is 2. The van der Waals surface area contributed by atoms with Crippen molar-refractivity contribution in [1.29, 1.82) is 0 Å². The smallest absolute Gasteiger partial charge is 0.315 e. The van der Waals surface area contributed by atoms with Crippen LogP contribution >= 0.6 is 11.3 Å². The zero-order chi connectivity index (χ0) is 14.5. The fourth-order valence-corrected chi connectivity index (χ4v) is 2.20. The number of amides is 2. The van der Waals surface area contributed by atoms with Gasteiger partial charge in [0.05, 0.1) is 18.7 Å². The van der Waals surface area contributed by atoms with Gasteiger partial charge >= 0.3 is 12.0 Å². The molecule has 1 rings (SSSR count). The number of hydrogen-bond donors (Lipinski definition) is 3. The molecule has 0 radical (unpaired) electrons. The van der Waals surface area contributed by atoms with Crippen LogP contribution in [-0.2, 0) is 16.8 Å². The number of hydrogen-bond acceptors (Lipinski definition) is 4. The van der Waals surface area contributed by atoms with Crippen LogP contribution in [0.2, 0.25) is 0 Å². The van der Waals surface area contributed by atoms with E-state index in [4.69, 9.17) is 5.11 Å². The van der Waals surface area contributed by atoms with Crippen molar-refractivity contribution in [2.45, 2.75) is 39.2 Å². The fourth-order valence-electron chi connectivity index (χ4n) is 1.24. The summed E-state index contributed by atoms with van der Waals surface area (Å²) >= 11 is 1.50. The van der Waals surface area contributed by atoms with Crippen molar-refractivity contribution < 1.29 is 14.7 Å². The quantitative estimate of drug-likeness (QED) is 0.768. The SMILES string of the molecule is CC(C)(C)c1csc(CNC(=O)NCCC(=O)O)n1. The van der Waals surface area contributed by atoms with E-state index < -0.39 is 5.97 Å². The minimum absolute atomic E-state index is 0.00149. The average molecular weight is 285 g/mol. The highest BCUT2D eigenvalue weighted by Gasteiger charge is 2.17. The maximum Gasteiger partial charge on any atom is 0.315 e. The molecule has 0 fully saturated rings. The Labute approximate surface area is 116 Å². The Bertz CT molecular complexity index is 451. The van der Waals surface area contributed by atoms with Gasteiger partial charge in [-0.2, -0.15) is 0 Å². The summed E-state index contributed by atoms with van der Waals surface area (Å²) < 4.78 is 0. The van der Waals surface area contributed by atoms with E-state index in [1.165, 1.54) is 11.3 Å². The van der Waals surface area contributed by atoms with Gasteiger partial charge in [0.1, 0.15) is 5.01 Å². The number of urea groups is 1. The van der Waals surface area contributed by atoms with E-state index in [0.717, 1.165) is 10.7 Å². The highest BCUT2D eigenvalue weighted by atomic mass is 32.1. The Morgan fingerprint density at radius 2 is 2.05 bits per heavy atom. The van der Waals surface area contributed by atoms with E-state index in [2.05, 4.69) is 36.4 Å². The highest BCUT2D eigenvalue weighted by molar-refractivity contribution is 7.09. The number of carbonyl (C=O) groups is 2. The third kappa shape index (κ3) is 5.69. The van der Waals surface area contributed by atoms with E-state index in [9.17, 15) is 9.59 Å². The first-order chi connectivity index (χ1) is 8.79. The molecule has 7 heteroatoms. The van der Waals surface area contributed by atoms with E-state index in [1.54, 1.807) is 0 Å². The van der Waals surface area contributed by atoms with Crippen LogP contribution in [0.5, 0.6) is 0 Å². The number of carboxylic acid groups (broad SMARTS) is 1. The molecule has 0 aliphatic heterocycles. The topological polar surface area (TPSA) is 91.3 Å². The second-order valence-corrected chi connectivity index (χ2v) is 6.07. The van der Waals surface area contributed by atoms with Gasteiger partial charge in [-0.05, 0) is 0 Å². The van der Waals surface area contributed by atoms with Crippen LogP contribution < -0.4 is 10.6 Å². The molecule has 0 unspecified atom stereocenters. The molecule has 1 aromatic heterocycles. The van der Waals surface area contributed by atoms with Gasteiger partial charge in [0.2, 0.25) is 0 Å². The molecular formula is C12H19N3O3S. The molecule has 0 aliphatic carbocycles. The number of nitrogens with zero attached hydrogens (tertiary/aromatic N) is 1. The number of carboxylic acids is 1. The van der Waals surface area contributed by atoms with Crippen LogP contribution in [0, 0.1) is 0 Å². The van der Waals surface area contributed by atoms with Crippen molar-refractivity contribution in [2.75, 3.05) is 6.54 Å². The average Bonchev–Trinajstić information content (AvgIpc) is 2.74. The van der Waals surface area contributed by atoms with Gasteiger partial charge in [-0.15, -0.1) is 11.3 Å². The number of carbonyl (C=O) groups excluding carboxylic acids is 1. The largest absolute Gasteiger partial charge is 0.481 e. The molecular weight excluding hydrogens is 266 g/mol. The molecule has 3 N–H and O–H groups in total. The third-order valence-corrected chi connectivity index (χ3v) is 3.19. The summed E-state index contributed by atoms with van der Waals surface area (Å²) in [5.74, 6) is -0.935. The van der Waals surface area contributed by atoms with Crippen molar-refractivity contribution in [3.63, 3.8) is 0 Å². The maximum absolute atomic E-state index is 11.4. The number of aliphatic carboxylic acids is 1. The van der Waals surface area contributed by atoms with E-state index in [-0.39, 0.29) is 24.4 Å². The van der Waals surface area contributed by atoms with E-state index >= 15 is 0 Å². The van der Waals surface area contributed by atoms with Crippen molar-refractivity contribution in [3.05, 3.63) is 16.1 Å². The van der Waals surface area contributed by atoms with Gasteiger partial charge in [-0.25, -0.2) is 9.78 Å². The number of aromatic nitrogens is 1. The first kappa shape index (κ1) is 15.4. The molecule has 19 heavy (non-hydrogen) atoms. The zero-order valence-electron chi connectivity index (χ0n) is 11.3. The summed E-state index contributed by atoms with van der Waals surface area (Å²) in [6, 6.07) is -0.381. The van der Waals surface area contributed by atoms with Crippen molar-refractivity contribution in [1.82, 2.24) is 15.6 Å². The summed E-state index contributed by atoms with van der Waals surface area (Å²) in [6.45, 7) is 6.71. The Morgan fingerprint density at radius 1 is 1.37 bits per heavy atom. The lowest BCUT2D eigenvalue weighted by molar-refractivity contribution is -0.136. The molecule has 1 heterocycles. The summed E-state index contributed by atoms with van der Waals surface area (Å²) in [4.78, 5) is 26.1. The number of thiazole rings is 1. The lowest BCUT2D eigenvalue weighted by atomic mass is 9.93. The van der Waals surface area contributed by atoms with E-state index in [1.807, 2.05) is 5.38 Å². The van der Waals surface area contributed by atoms with Gasteiger partial charge < -0.3 is 15.7 Å². The molecule has 1 aromatic rings. The lowest BCUT2D eigenvalue weighted by Gasteiger charge is -2.14. The van der Waals surface area contributed by atoms with E-state index in [0.29, 0.717) is 6.54 Å². The van der Waals surface area contributed by atoms with Crippen LogP contribution in [-0.4, -0.2) is 28.6 Å². The van der Waals surface area contributed by atoms with Gasteiger partial charge in [-0.3, -0.25) is 4.79 Å². The molecule has 0 spiro atoms. The molecule has 0 aliphatic rings. The molecule has 0 atom stereocenters. The van der Waals surface area contributed by atoms with Crippen LogP contribution in [0.15, 0.2) is 5.38 Å². The van der Waals surface area contributed by atoms with Crippen molar-refractivity contribution >= 4 is 23.3 Å². The first-order valence-electron chi connectivity index (χ1n) is 5.97. The highest BCUT2D eigenvalue weighted by Crippen LogP contribution is 2.23. The summed E-state index contributed by atoms with van der Waals surface area (Å²) in [5, 5.41) is 16.4. The fraction of sp³-hybridized carbons (Fsp3) is 0.583. The van der Waals surface area contributed by atoms with Crippen LogP contribution in [0.4, 0.5) is 4.79 Å². The van der Waals surface area contributed by atoms with Gasteiger partial charge in [0.25, 0.3) is 0 Å². The maximum atomic E-state index is 11.4. The molecule has 2 amide bonds. The van der Waals surface area contributed by atoms with Crippen LogP contribution in [0.25, 0.3) is 0 Å². The minimum atomic E-state index is -0.935. The molecule has 0 bridgehead atoms. The summed E-state index contributed by atoms with van der Waals surface area (Å²) in [5.41, 5.74) is 0.999. The predicted octanol–water partition coefficient (Wildman–Crippen LogP) is 1.71. The summed E-state index contributed by atoms with van der Waals surface area (Å²) in [6.07, 6.45) is -0.0845. The predicted molar refractivity (Wildman–Crippen MR) is 73.3 cm³/mol. The Hall–Kier alpha value is -1.63. The van der Waals surface area contributed by atoms with Gasteiger partial charge in [-0.1, -0.05) is 20.8 Å². The van der Waals surface area contributed by atoms with Crippen LogP contribution in [0.1, 0.15) is 37.9 Å². The van der Waals surface area contributed by atoms with Crippen molar-refractivity contribution in [3.8, 4) is 0 Å². The Morgan fingerprint density at radius 3 is 2.58 bits per heavy atom. The summed E-state index contributed by atoms with van der Waals surface area (Å²) in [7, 11) is 0. The monoisotopic (exact) mass is 285 g/mol. The molecule has 0 saturated heterocycles. The van der Waals surface area contributed by atoms with Gasteiger partial charge in [0, 0.05) is 17.3 Å². The Kier molecular flexibility index (Phi) is 5.29. The minimum Gasteiger partial charge on any atom is -0.481 e. The number of rotatable bonds is 5.